The molecule has 0 unspecified atom stereocenters. The number of rotatable bonds is 3. The number of aliphatic hydroxyl groups excluding tert-OH is 1. The number of carbonyl (C=O) groups excluding carboxylic acids is 2. The summed E-state index contributed by atoms with van der Waals surface area (Å²) in [6, 6.07) is 0.436. The second kappa shape index (κ2) is 8.30. The molecule has 0 aliphatic carbocycles. The van der Waals surface area contributed by atoms with Crippen LogP contribution in [-0.4, -0.2) is 50.7 Å². The van der Waals surface area contributed by atoms with E-state index in [1.165, 1.54) is 9.47 Å². The molecule has 170 valence electrons. The maximum atomic E-state index is 13.8. The van der Waals surface area contributed by atoms with Crippen molar-refractivity contribution in [1.82, 2.24) is 14.8 Å². The number of carbonyl (C=O) groups is 2. The van der Waals surface area contributed by atoms with E-state index < -0.39 is 70.3 Å². The summed E-state index contributed by atoms with van der Waals surface area (Å²) in [5.74, 6) is -6.04. The van der Waals surface area contributed by atoms with Gasteiger partial charge in [0.2, 0.25) is 5.43 Å². The zero-order valence-corrected chi connectivity index (χ0v) is 16.8. The number of aliphatic hydroxyl groups is 1. The first kappa shape index (κ1) is 21.9. The Labute approximate surface area is 179 Å². The van der Waals surface area contributed by atoms with Crippen molar-refractivity contribution in [2.45, 2.75) is 38.0 Å². The number of nitrogens with zero attached hydrogens (tertiary/aromatic N) is 2. The normalized spacial score (nSPS) is 20.4. The molecule has 1 aromatic heterocycles. The van der Waals surface area contributed by atoms with Crippen LogP contribution in [0.2, 0.25) is 0 Å². The van der Waals surface area contributed by atoms with Gasteiger partial charge in [-0.05, 0) is 19.3 Å². The molecule has 11 heteroatoms. The Kier molecular flexibility index (Phi) is 5.68. The number of nitrogens with one attached hydrogen (secondary N) is 1. The molecule has 1 fully saturated rings. The van der Waals surface area contributed by atoms with E-state index in [4.69, 9.17) is 0 Å². The highest BCUT2D eigenvalue weighted by atomic mass is 19.1. The van der Waals surface area contributed by atoms with Gasteiger partial charge in [0.1, 0.15) is 23.0 Å². The molecule has 2 atom stereocenters. The molecule has 1 aromatic carbocycles. The zero-order valence-electron chi connectivity index (χ0n) is 16.8. The average molecular weight is 451 g/mol. The van der Waals surface area contributed by atoms with Gasteiger partial charge in [0, 0.05) is 43.5 Å². The Hall–Kier alpha value is -3.34. The average Bonchev–Trinajstić information content (AvgIpc) is 2.70. The number of hydrogen-bond donors (Lipinski definition) is 3. The molecule has 0 radical (unpaired) electrons. The maximum Gasteiger partial charge on any atom is 0.274 e. The molecule has 32 heavy (non-hydrogen) atoms. The van der Waals surface area contributed by atoms with E-state index >= 15 is 0 Å². The molecule has 3 heterocycles. The van der Waals surface area contributed by atoms with E-state index in [1.54, 1.807) is 0 Å². The van der Waals surface area contributed by atoms with E-state index in [2.05, 4.69) is 5.32 Å². The van der Waals surface area contributed by atoms with Gasteiger partial charge in [-0.2, -0.15) is 0 Å². The van der Waals surface area contributed by atoms with Crippen molar-refractivity contribution in [3.8, 4) is 5.75 Å². The molecule has 0 spiro atoms. The van der Waals surface area contributed by atoms with Crippen LogP contribution in [0.25, 0.3) is 0 Å². The van der Waals surface area contributed by atoms with Crippen molar-refractivity contribution >= 4 is 11.8 Å². The fourth-order valence-corrected chi connectivity index (χ4v) is 4.19. The zero-order chi connectivity index (χ0) is 23.2. The summed E-state index contributed by atoms with van der Waals surface area (Å²) in [4.78, 5) is 39.5. The number of hydrogen-bond acceptors (Lipinski definition) is 5. The van der Waals surface area contributed by atoms with Crippen LogP contribution >= 0.6 is 0 Å². The van der Waals surface area contributed by atoms with Gasteiger partial charge in [0.05, 0.1) is 12.1 Å². The number of fused-ring (bicyclic) bond motifs is 4. The number of benzene rings is 1. The quantitative estimate of drug-likeness (QED) is 0.654. The predicted molar refractivity (Wildman–Crippen MR) is 105 cm³/mol. The van der Waals surface area contributed by atoms with E-state index in [0.29, 0.717) is 31.5 Å². The van der Waals surface area contributed by atoms with E-state index in [9.17, 15) is 37.8 Å². The molecule has 4 rings (SSSR count). The van der Waals surface area contributed by atoms with Crippen molar-refractivity contribution in [3.05, 3.63) is 62.8 Å². The summed E-state index contributed by atoms with van der Waals surface area (Å²) in [7, 11) is 0. The Morgan fingerprint density at radius 2 is 1.88 bits per heavy atom. The van der Waals surface area contributed by atoms with Gasteiger partial charge in [-0.3, -0.25) is 14.4 Å². The lowest BCUT2D eigenvalue weighted by atomic mass is 9.97. The third kappa shape index (κ3) is 3.83. The number of halogens is 3. The Bertz CT molecular complexity index is 1140. The number of amides is 2. The highest BCUT2D eigenvalue weighted by Crippen LogP contribution is 2.31. The van der Waals surface area contributed by atoms with Gasteiger partial charge in [-0.25, -0.2) is 13.2 Å². The molecule has 0 saturated carbocycles. The van der Waals surface area contributed by atoms with Gasteiger partial charge in [0.25, 0.3) is 11.8 Å². The molecular weight excluding hydrogens is 431 g/mol. The monoisotopic (exact) mass is 451 g/mol. The Morgan fingerprint density at radius 1 is 1.19 bits per heavy atom. The van der Waals surface area contributed by atoms with Gasteiger partial charge in [0.15, 0.2) is 11.4 Å². The molecule has 2 amide bonds. The van der Waals surface area contributed by atoms with Crippen molar-refractivity contribution in [2.75, 3.05) is 13.1 Å². The van der Waals surface area contributed by atoms with Crippen molar-refractivity contribution in [3.63, 3.8) is 0 Å². The summed E-state index contributed by atoms with van der Waals surface area (Å²) in [6.45, 7) is -0.0804. The fraction of sp³-hybridized carbons (Fsp3) is 0.381. The van der Waals surface area contributed by atoms with Crippen LogP contribution in [0.5, 0.6) is 5.75 Å². The van der Waals surface area contributed by atoms with Crippen molar-refractivity contribution in [1.29, 1.82) is 0 Å². The van der Waals surface area contributed by atoms with Gasteiger partial charge in [-0.15, -0.1) is 0 Å². The Morgan fingerprint density at radius 3 is 2.56 bits per heavy atom. The minimum atomic E-state index is -1.21. The van der Waals surface area contributed by atoms with Gasteiger partial charge in [-0.1, -0.05) is 0 Å². The highest BCUT2D eigenvalue weighted by Gasteiger charge is 2.37. The molecular formula is C21H20F3N3O5. The summed E-state index contributed by atoms with van der Waals surface area (Å²) in [5, 5.41) is 22.8. The summed E-state index contributed by atoms with van der Waals surface area (Å²) >= 11 is 0. The first-order valence-electron chi connectivity index (χ1n) is 10.0. The standard InChI is InChI=1S/C21H20F3N3O5/c22-10-4-15(23)13(16(24)5-10)7-25-20(31)14-9-27-11-6-12(28)2-1-3-26(8-11)21(32)17(27)19(30)18(14)29/h4-5,9,11-12,28,30H,1-3,6-8H2,(H,25,31)/t11-,12-/m0/s1. The minimum Gasteiger partial charge on any atom is -0.503 e. The van der Waals surface area contributed by atoms with Crippen molar-refractivity contribution in [2.24, 2.45) is 0 Å². The summed E-state index contributed by atoms with van der Waals surface area (Å²) < 4.78 is 42.0. The Balaban J connectivity index is 1.68. The molecule has 2 aliphatic heterocycles. The van der Waals surface area contributed by atoms with Crippen LogP contribution in [0, 0.1) is 17.5 Å². The topological polar surface area (TPSA) is 112 Å². The molecule has 3 N–H and O–H groups in total. The second-order valence-corrected chi connectivity index (χ2v) is 7.94. The maximum absolute atomic E-state index is 13.8. The lowest BCUT2D eigenvalue weighted by Gasteiger charge is -2.39. The highest BCUT2D eigenvalue weighted by molar-refractivity contribution is 5.99. The molecule has 8 nitrogen and oxygen atoms in total. The fourth-order valence-electron chi connectivity index (χ4n) is 4.19. The molecule has 2 aliphatic rings. The first-order valence-corrected chi connectivity index (χ1v) is 10.0. The smallest absolute Gasteiger partial charge is 0.274 e. The van der Waals surface area contributed by atoms with Crippen LogP contribution in [0.3, 0.4) is 0 Å². The number of pyridine rings is 1. The van der Waals surface area contributed by atoms with Crippen LogP contribution in [0.1, 0.15) is 51.7 Å². The van der Waals surface area contributed by atoms with E-state index in [1.807, 2.05) is 0 Å². The van der Waals surface area contributed by atoms with Crippen LogP contribution in [0.4, 0.5) is 13.2 Å². The molecule has 2 aromatic rings. The van der Waals surface area contributed by atoms with Gasteiger partial charge >= 0.3 is 0 Å². The first-order chi connectivity index (χ1) is 15.2. The third-order valence-corrected chi connectivity index (χ3v) is 5.81. The SMILES string of the molecule is O=C(NCc1c(F)cc(F)cc1F)c1cn2c(c(O)c1=O)C(=O)N1CCC[C@H](O)C[C@H]2C1. The predicted octanol–water partition coefficient (Wildman–Crippen LogP) is 1.44. The molecule has 1 saturated heterocycles. The summed E-state index contributed by atoms with van der Waals surface area (Å²) in [6.07, 6.45) is 1.74. The van der Waals surface area contributed by atoms with Gasteiger partial charge < -0.3 is 25.0 Å². The van der Waals surface area contributed by atoms with Crippen LogP contribution < -0.4 is 10.7 Å². The number of aromatic nitrogens is 1. The van der Waals surface area contributed by atoms with E-state index in [0.717, 1.165) is 6.20 Å². The lowest BCUT2D eigenvalue weighted by molar-refractivity contribution is 0.0503. The van der Waals surface area contributed by atoms with Crippen molar-refractivity contribution < 1.29 is 33.0 Å². The molecule has 2 bridgehead atoms. The lowest BCUT2D eigenvalue weighted by Crippen LogP contribution is -2.47. The van der Waals surface area contributed by atoms with E-state index in [-0.39, 0.29) is 18.7 Å². The second-order valence-electron chi connectivity index (χ2n) is 7.94. The summed E-state index contributed by atoms with van der Waals surface area (Å²) in [5.41, 5.74) is -2.52. The minimum absolute atomic E-state index is 0.234. The van der Waals surface area contributed by atoms with Crippen LogP contribution in [0.15, 0.2) is 23.1 Å². The van der Waals surface area contributed by atoms with Crippen LogP contribution in [-0.2, 0) is 6.54 Å². The third-order valence-electron chi connectivity index (χ3n) is 5.81. The largest absolute Gasteiger partial charge is 0.503 e. The number of aromatic hydroxyl groups is 1.